The SMILES string of the molecule is O=c1c2ccccc2nc(C(S)c2ncnc3[nH]cnc23)n1N1CCOCC1. The quantitative estimate of drug-likeness (QED) is 0.500. The van der Waals surface area contributed by atoms with Crippen molar-refractivity contribution in [3.05, 3.63) is 58.8 Å². The molecule has 1 fully saturated rings. The van der Waals surface area contributed by atoms with Gasteiger partial charge in [-0.15, -0.1) is 0 Å². The van der Waals surface area contributed by atoms with Crippen LogP contribution in [0.3, 0.4) is 0 Å². The predicted molar refractivity (Wildman–Crippen MR) is 107 cm³/mol. The van der Waals surface area contributed by atoms with E-state index in [2.05, 4.69) is 19.9 Å². The van der Waals surface area contributed by atoms with Gasteiger partial charge < -0.3 is 14.7 Å². The second kappa shape index (κ2) is 6.88. The van der Waals surface area contributed by atoms with Gasteiger partial charge in [0.15, 0.2) is 11.5 Å². The van der Waals surface area contributed by atoms with Crippen LogP contribution in [0, 0.1) is 0 Å². The summed E-state index contributed by atoms with van der Waals surface area (Å²) in [6, 6.07) is 7.32. The van der Waals surface area contributed by atoms with Crippen LogP contribution in [0.5, 0.6) is 0 Å². The van der Waals surface area contributed by atoms with E-state index in [0.29, 0.717) is 59.9 Å². The van der Waals surface area contributed by atoms with Crippen LogP contribution < -0.4 is 10.6 Å². The Kier molecular flexibility index (Phi) is 4.21. The van der Waals surface area contributed by atoms with Crippen LogP contribution >= 0.6 is 12.6 Å². The monoisotopic (exact) mass is 395 g/mol. The average molecular weight is 395 g/mol. The minimum atomic E-state index is -0.561. The molecule has 0 amide bonds. The number of imidazole rings is 1. The third kappa shape index (κ3) is 2.72. The van der Waals surface area contributed by atoms with Crippen LogP contribution in [0.15, 0.2) is 41.7 Å². The molecule has 142 valence electrons. The minimum absolute atomic E-state index is 0.131. The molecule has 0 bridgehead atoms. The van der Waals surface area contributed by atoms with Crippen molar-refractivity contribution >= 4 is 34.7 Å². The van der Waals surface area contributed by atoms with Gasteiger partial charge >= 0.3 is 0 Å². The zero-order valence-corrected chi connectivity index (χ0v) is 15.7. The lowest BCUT2D eigenvalue weighted by atomic mass is 10.2. The summed E-state index contributed by atoms with van der Waals surface area (Å²) in [5, 5.41) is 1.95. The van der Waals surface area contributed by atoms with Gasteiger partial charge in [-0.3, -0.25) is 4.79 Å². The highest BCUT2D eigenvalue weighted by molar-refractivity contribution is 7.80. The smallest absolute Gasteiger partial charge is 0.280 e. The summed E-state index contributed by atoms with van der Waals surface area (Å²) < 4.78 is 7.06. The van der Waals surface area contributed by atoms with Gasteiger partial charge in [-0.25, -0.2) is 24.6 Å². The van der Waals surface area contributed by atoms with E-state index in [-0.39, 0.29) is 5.56 Å². The van der Waals surface area contributed by atoms with Crippen LogP contribution in [-0.2, 0) is 4.74 Å². The lowest BCUT2D eigenvalue weighted by molar-refractivity contribution is 0.110. The second-order valence-electron chi connectivity index (χ2n) is 6.43. The van der Waals surface area contributed by atoms with Gasteiger partial charge in [0.2, 0.25) is 0 Å². The Morgan fingerprint density at radius 2 is 1.96 bits per heavy atom. The number of ether oxygens (including phenoxy) is 1. The van der Waals surface area contributed by atoms with E-state index in [1.165, 1.54) is 6.33 Å². The number of para-hydroxylation sites is 1. The number of hydrogen-bond donors (Lipinski definition) is 2. The van der Waals surface area contributed by atoms with Gasteiger partial charge in [0, 0.05) is 0 Å². The van der Waals surface area contributed by atoms with Crippen LogP contribution in [0.2, 0.25) is 0 Å². The molecule has 0 radical (unpaired) electrons. The summed E-state index contributed by atoms with van der Waals surface area (Å²) >= 11 is 4.80. The normalized spacial score (nSPS) is 16.0. The lowest BCUT2D eigenvalue weighted by Gasteiger charge is -2.32. The number of nitrogens with one attached hydrogen (secondary N) is 1. The van der Waals surface area contributed by atoms with E-state index < -0.39 is 5.25 Å². The molecular formula is C18H17N7O2S. The number of nitrogens with zero attached hydrogens (tertiary/aromatic N) is 6. The van der Waals surface area contributed by atoms with Gasteiger partial charge in [-0.05, 0) is 12.1 Å². The predicted octanol–water partition coefficient (Wildman–Crippen LogP) is 1.05. The van der Waals surface area contributed by atoms with Gasteiger partial charge in [0.1, 0.15) is 17.1 Å². The molecule has 28 heavy (non-hydrogen) atoms. The molecule has 10 heteroatoms. The summed E-state index contributed by atoms with van der Waals surface area (Å²) in [6.45, 7) is 2.28. The van der Waals surface area contributed by atoms with E-state index in [1.807, 2.05) is 23.2 Å². The highest BCUT2D eigenvalue weighted by atomic mass is 32.1. The lowest BCUT2D eigenvalue weighted by Crippen LogP contribution is -2.50. The molecule has 5 rings (SSSR count). The molecule has 1 N–H and O–H groups in total. The summed E-state index contributed by atoms with van der Waals surface area (Å²) in [5.41, 5.74) is 2.31. The first kappa shape index (κ1) is 17.1. The first-order chi connectivity index (χ1) is 13.7. The Morgan fingerprint density at radius 3 is 2.82 bits per heavy atom. The zero-order valence-electron chi connectivity index (χ0n) is 14.8. The number of fused-ring (bicyclic) bond motifs is 2. The molecule has 1 aliphatic heterocycles. The zero-order chi connectivity index (χ0) is 19.1. The number of morpholine rings is 1. The molecule has 1 aliphatic rings. The fourth-order valence-electron chi connectivity index (χ4n) is 3.45. The molecule has 0 spiro atoms. The van der Waals surface area contributed by atoms with Crippen molar-refractivity contribution in [2.45, 2.75) is 5.25 Å². The van der Waals surface area contributed by atoms with Crippen molar-refractivity contribution in [2.75, 3.05) is 31.3 Å². The molecular weight excluding hydrogens is 378 g/mol. The standard InChI is InChI=1S/C18H17N7O2S/c26-18-11-3-1-2-4-12(11)23-17(25(18)24-5-7-27-8-6-24)15(28)13-14-16(21-9-19-13)22-10-20-14/h1-4,9-10,15,28H,5-8H2,(H,19,20,21,22). The maximum Gasteiger partial charge on any atom is 0.280 e. The molecule has 0 aliphatic carbocycles. The molecule has 0 saturated carbocycles. The van der Waals surface area contributed by atoms with E-state index in [1.54, 1.807) is 17.1 Å². The topological polar surface area (TPSA) is 102 Å². The Morgan fingerprint density at radius 1 is 1.14 bits per heavy atom. The van der Waals surface area contributed by atoms with Crippen molar-refractivity contribution in [3.8, 4) is 0 Å². The first-order valence-corrected chi connectivity index (χ1v) is 9.42. The third-order valence-electron chi connectivity index (χ3n) is 4.80. The van der Waals surface area contributed by atoms with Crippen LogP contribution in [0.25, 0.3) is 22.1 Å². The van der Waals surface area contributed by atoms with Crippen molar-refractivity contribution in [1.29, 1.82) is 0 Å². The number of rotatable bonds is 3. The highest BCUT2D eigenvalue weighted by Gasteiger charge is 2.26. The molecule has 1 atom stereocenters. The highest BCUT2D eigenvalue weighted by Crippen LogP contribution is 2.29. The molecule has 1 aromatic carbocycles. The van der Waals surface area contributed by atoms with Gasteiger partial charge in [0.05, 0.1) is 49.2 Å². The molecule has 9 nitrogen and oxygen atoms in total. The van der Waals surface area contributed by atoms with Crippen molar-refractivity contribution in [2.24, 2.45) is 0 Å². The van der Waals surface area contributed by atoms with E-state index in [4.69, 9.17) is 22.3 Å². The van der Waals surface area contributed by atoms with E-state index in [0.717, 1.165) is 0 Å². The summed E-state index contributed by atoms with van der Waals surface area (Å²) in [7, 11) is 0. The van der Waals surface area contributed by atoms with E-state index >= 15 is 0 Å². The Hall–Kier alpha value is -2.98. The largest absolute Gasteiger partial charge is 0.378 e. The number of H-pyrrole nitrogens is 1. The second-order valence-corrected chi connectivity index (χ2v) is 6.95. The van der Waals surface area contributed by atoms with Crippen LogP contribution in [0.4, 0.5) is 0 Å². The molecule has 1 saturated heterocycles. The number of benzene rings is 1. The maximum absolute atomic E-state index is 13.3. The number of thiol groups is 1. The Balaban J connectivity index is 1.75. The molecule has 4 aromatic rings. The summed E-state index contributed by atoms with van der Waals surface area (Å²) in [4.78, 5) is 34.0. The number of aromatic amines is 1. The molecule has 1 unspecified atom stereocenters. The maximum atomic E-state index is 13.3. The van der Waals surface area contributed by atoms with E-state index in [9.17, 15) is 4.79 Å². The van der Waals surface area contributed by atoms with Gasteiger partial charge in [-0.2, -0.15) is 12.6 Å². The van der Waals surface area contributed by atoms with Crippen LogP contribution in [-0.4, -0.2) is 55.9 Å². The number of hydrogen-bond acceptors (Lipinski definition) is 8. The van der Waals surface area contributed by atoms with Gasteiger partial charge in [0.25, 0.3) is 5.56 Å². The fourth-order valence-corrected chi connectivity index (χ4v) is 3.81. The summed E-state index contributed by atoms with van der Waals surface area (Å²) in [5.74, 6) is 0.497. The Bertz CT molecular complexity index is 1220. The number of aromatic nitrogens is 6. The van der Waals surface area contributed by atoms with Gasteiger partial charge in [-0.1, -0.05) is 12.1 Å². The van der Waals surface area contributed by atoms with Crippen molar-refractivity contribution < 1.29 is 4.74 Å². The van der Waals surface area contributed by atoms with Crippen LogP contribution in [0.1, 0.15) is 16.8 Å². The molecule has 4 heterocycles. The van der Waals surface area contributed by atoms with Crippen molar-refractivity contribution in [3.63, 3.8) is 0 Å². The first-order valence-electron chi connectivity index (χ1n) is 8.91. The molecule has 3 aromatic heterocycles. The Labute approximate surface area is 164 Å². The minimum Gasteiger partial charge on any atom is -0.378 e. The average Bonchev–Trinajstić information content (AvgIpc) is 3.23. The van der Waals surface area contributed by atoms with Crippen molar-refractivity contribution in [1.82, 2.24) is 29.6 Å². The third-order valence-corrected chi connectivity index (χ3v) is 5.27. The fraction of sp³-hybridized carbons (Fsp3) is 0.278. The summed E-state index contributed by atoms with van der Waals surface area (Å²) in [6.07, 6.45) is 3.02.